The Morgan fingerprint density at radius 1 is 0.718 bits per heavy atom. The van der Waals surface area contributed by atoms with Gasteiger partial charge in [0.1, 0.15) is 11.5 Å². The van der Waals surface area contributed by atoms with Gasteiger partial charge in [0.25, 0.3) is 0 Å². The van der Waals surface area contributed by atoms with Crippen molar-refractivity contribution >= 4 is 11.9 Å². The molecule has 1 aliphatic heterocycles. The summed E-state index contributed by atoms with van der Waals surface area (Å²) in [5.74, 6) is -1.75. The highest BCUT2D eigenvalue weighted by molar-refractivity contribution is 5.99. The number of aryl methyl sites for hydroxylation is 2. The van der Waals surface area contributed by atoms with E-state index in [1.807, 2.05) is 26.0 Å². The Hall–Kier alpha value is -3.80. The van der Waals surface area contributed by atoms with E-state index in [0.29, 0.717) is 29.5 Å². The minimum atomic E-state index is -1.72. The van der Waals surface area contributed by atoms with Crippen molar-refractivity contribution in [3.05, 3.63) is 92.5 Å². The fourth-order valence-electron chi connectivity index (χ4n) is 5.93. The predicted molar refractivity (Wildman–Crippen MR) is 151 cm³/mol. The van der Waals surface area contributed by atoms with E-state index in [9.17, 15) is 24.9 Å². The number of phenols is 2. The molecule has 3 N–H and O–H groups in total. The number of carboxylic acid groups (broad SMARTS) is 1. The van der Waals surface area contributed by atoms with Gasteiger partial charge in [0.15, 0.2) is 5.60 Å². The number of carbonyl (C=O) groups excluding carboxylic acids is 1. The van der Waals surface area contributed by atoms with E-state index in [1.165, 1.54) is 18.2 Å². The molecule has 1 aliphatic rings. The van der Waals surface area contributed by atoms with Gasteiger partial charge in [0.05, 0.1) is 11.1 Å². The van der Waals surface area contributed by atoms with E-state index in [1.54, 1.807) is 12.1 Å². The van der Waals surface area contributed by atoms with Gasteiger partial charge in [-0.1, -0.05) is 77.6 Å². The number of ether oxygens (including phenoxy) is 1. The smallest absolute Gasteiger partial charge is 0.340 e. The maximum atomic E-state index is 13.4. The molecule has 6 heteroatoms. The molecule has 0 amide bonds. The van der Waals surface area contributed by atoms with Gasteiger partial charge in [-0.25, -0.2) is 9.59 Å². The van der Waals surface area contributed by atoms with Gasteiger partial charge in [-0.15, -0.1) is 0 Å². The monoisotopic (exact) mass is 530 g/mol. The summed E-state index contributed by atoms with van der Waals surface area (Å²) >= 11 is 0. The quantitative estimate of drug-likeness (QED) is 0.229. The first-order chi connectivity index (χ1) is 18.7. The highest BCUT2D eigenvalue weighted by atomic mass is 16.6. The molecule has 4 rings (SSSR count). The number of hydrogen-bond acceptors (Lipinski definition) is 5. The second kappa shape index (κ2) is 11.5. The summed E-state index contributed by atoms with van der Waals surface area (Å²) in [6, 6.07) is 11.7. The molecule has 3 aromatic carbocycles. The number of carbonyl (C=O) groups is 2. The summed E-state index contributed by atoms with van der Waals surface area (Å²) in [6.07, 6.45) is 6.24. The van der Waals surface area contributed by atoms with Crippen LogP contribution in [0.2, 0.25) is 0 Å². The summed E-state index contributed by atoms with van der Waals surface area (Å²) in [6.45, 7) is 8.24. The summed E-state index contributed by atoms with van der Waals surface area (Å²) in [5.41, 5.74) is 3.04. The molecule has 3 aromatic rings. The molecule has 0 aromatic heterocycles. The van der Waals surface area contributed by atoms with E-state index in [4.69, 9.17) is 4.74 Å². The Bertz CT molecular complexity index is 1340. The lowest BCUT2D eigenvalue weighted by Gasteiger charge is -2.33. The third kappa shape index (κ3) is 4.77. The molecule has 0 saturated carbocycles. The molecule has 0 fully saturated rings. The third-order valence-corrected chi connectivity index (χ3v) is 7.67. The number of aromatic carboxylic acids is 1. The molecule has 0 atom stereocenters. The van der Waals surface area contributed by atoms with Crippen LogP contribution in [-0.2, 0) is 36.0 Å². The van der Waals surface area contributed by atoms with Crippen LogP contribution in [0.15, 0.2) is 42.5 Å². The van der Waals surface area contributed by atoms with Crippen LogP contribution in [0.1, 0.15) is 113 Å². The van der Waals surface area contributed by atoms with Gasteiger partial charge in [0.2, 0.25) is 0 Å². The van der Waals surface area contributed by atoms with Crippen molar-refractivity contribution < 1.29 is 29.6 Å². The van der Waals surface area contributed by atoms with Crippen LogP contribution >= 0.6 is 0 Å². The highest BCUT2D eigenvalue weighted by Gasteiger charge is 2.52. The Morgan fingerprint density at radius 2 is 1.21 bits per heavy atom. The number of hydrogen-bond donors (Lipinski definition) is 3. The predicted octanol–water partition coefficient (Wildman–Crippen LogP) is 7.07. The Kier molecular flexibility index (Phi) is 8.34. The maximum Gasteiger partial charge on any atom is 0.340 e. The van der Waals surface area contributed by atoms with Crippen LogP contribution in [-0.4, -0.2) is 27.3 Å². The molecule has 0 spiro atoms. The van der Waals surface area contributed by atoms with Gasteiger partial charge < -0.3 is 20.1 Å². The first-order valence-electron chi connectivity index (χ1n) is 14.0. The number of phenolic OH excluding ortho intramolecular Hbond substituents is 2. The SMILES string of the molecule is CCCc1ccc(C2(c3ccc(CCC)c(CCC)c3O)OC(=O)c3ccc(C(=O)O)cc32)c(O)c1CCC. The standard InChI is InChI=1S/C33H38O6/c1-5-9-20-14-17-26(29(34)23(20)11-7-3)33(27-18-15-21(10-6-2)24(12-8-4)30(27)35)28-19-22(31(36)37)13-16-25(28)32(38)39-33/h13-19,34-35H,5-12H2,1-4H3,(H,36,37). The second-order valence-electron chi connectivity index (χ2n) is 10.3. The van der Waals surface area contributed by atoms with Crippen molar-refractivity contribution in [2.24, 2.45) is 0 Å². The molecule has 0 bridgehead atoms. The minimum absolute atomic E-state index is 0.0109. The molecule has 0 aliphatic carbocycles. The fourth-order valence-corrected chi connectivity index (χ4v) is 5.93. The number of fused-ring (bicyclic) bond motifs is 1. The van der Waals surface area contributed by atoms with Crippen molar-refractivity contribution in [3.8, 4) is 11.5 Å². The van der Waals surface area contributed by atoms with Crippen LogP contribution in [0.4, 0.5) is 0 Å². The summed E-state index contributed by atoms with van der Waals surface area (Å²) in [5, 5.41) is 33.4. The van der Waals surface area contributed by atoms with E-state index < -0.39 is 17.5 Å². The highest BCUT2D eigenvalue weighted by Crippen LogP contribution is 2.54. The van der Waals surface area contributed by atoms with E-state index >= 15 is 0 Å². The van der Waals surface area contributed by atoms with Gasteiger partial charge in [-0.3, -0.25) is 0 Å². The molecule has 206 valence electrons. The molecule has 0 unspecified atom stereocenters. The largest absolute Gasteiger partial charge is 0.507 e. The number of cyclic esters (lactones) is 1. The zero-order chi connectivity index (χ0) is 28.3. The number of esters is 1. The lowest BCUT2D eigenvalue weighted by atomic mass is 9.75. The first-order valence-corrected chi connectivity index (χ1v) is 14.0. The zero-order valence-corrected chi connectivity index (χ0v) is 23.3. The summed E-state index contributed by atoms with van der Waals surface area (Å²) in [4.78, 5) is 25.3. The molecule has 1 heterocycles. The molecule has 0 saturated heterocycles. The van der Waals surface area contributed by atoms with Crippen LogP contribution in [0, 0.1) is 0 Å². The van der Waals surface area contributed by atoms with Crippen molar-refractivity contribution in [2.45, 2.75) is 84.7 Å². The number of benzene rings is 3. The third-order valence-electron chi connectivity index (χ3n) is 7.67. The zero-order valence-electron chi connectivity index (χ0n) is 23.3. The first kappa shape index (κ1) is 28.2. The van der Waals surface area contributed by atoms with Crippen molar-refractivity contribution in [3.63, 3.8) is 0 Å². The number of aromatic hydroxyl groups is 2. The van der Waals surface area contributed by atoms with Crippen LogP contribution in [0.5, 0.6) is 11.5 Å². The lowest BCUT2D eigenvalue weighted by Crippen LogP contribution is -2.31. The van der Waals surface area contributed by atoms with Gasteiger partial charge in [-0.2, -0.15) is 0 Å². The van der Waals surface area contributed by atoms with E-state index in [0.717, 1.165) is 60.8 Å². The van der Waals surface area contributed by atoms with Gasteiger partial charge >= 0.3 is 11.9 Å². The van der Waals surface area contributed by atoms with Gasteiger partial charge in [-0.05, 0) is 66.1 Å². The molecular weight excluding hydrogens is 492 g/mol. The average molecular weight is 531 g/mol. The molecular formula is C33H38O6. The van der Waals surface area contributed by atoms with Gasteiger partial charge in [0, 0.05) is 16.7 Å². The summed E-state index contributed by atoms with van der Waals surface area (Å²) in [7, 11) is 0. The normalized spacial score (nSPS) is 13.8. The van der Waals surface area contributed by atoms with Crippen LogP contribution in [0.25, 0.3) is 0 Å². The van der Waals surface area contributed by atoms with Crippen LogP contribution < -0.4 is 0 Å². The molecule has 39 heavy (non-hydrogen) atoms. The summed E-state index contributed by atoms with van der Waals surface area (Å²) < 4.78 is 6.20. The lowest BCUT2D eigenvalue weighted by molar-refractivity contribution is 0.0239. The van der Waals surface area contributed by atoms with Crippen molar-refractivity contribution in [2.75, 3.05) is 0 Å². The van der Waals surface area contributed by atoms with E-state index in [-0.39, 0.29) is 22.6 Å². The topological polar surface area (TPSA) is 104 Å². The van der Waals surface area contributed by atoms with Crippen LogP contribution in [0.3, 0.4) is 0 Å². The minimum Gasteiger partial charge on any atom is -0.507 e. The Balaban J connectivity index is 2.14. The molecule has 0 radical (unpaired) electrons. The maximum absolute atomic E-state index is 13.4. The second-order valence-corrected chi connectivity index (χ2v) is 10.3. The fraction of sp³-hybridized carbons (Fsp3) is 0.394. The average Bonchev–Trinajstić information content (AvgIpc) is 3.20. The van der Waals surface area contributed by atoms with Crippen molar-refractivity contribution in [1.82, 2.24) is 0 Å². The van der Waals surface area contributed by atoms with E-state index in [2.05, 4.69) is 13.8 Å². The number of carboxylic acids is 1. The number of rotatable bonds is 11. The molecule has 6 nitrogen and oxygen atoms in total. The Labute approximate surface area is 230 Å². The Morgan fingerprint density at radius 3 is 1.64 bits per heavy atom. The van der Waals surface area contributed by atoms with Crippen molar-refractivity contribution in [1.29, 1.82) is 0 Å².